The number of alkyl halides is 3. The number of nitrogens with one attached hydrogen (secondary N) is 2. The van der Waals surface area contributed by atoms with Gasteiger partial charge >= 0.3 is 12.3 Å². The van der Waals surface area contributed by atoms with Crippen molar-refractivity contribution < 1.29 is 27.5 Å². The molecule has 0 fully saturated rings. The Morgan fingerprint density at radius 2 is 1.83 bits per heavy atom. The molecule has 0 spiro atoms. The van der Waals surface area contributed by atoms with Crippen LogP contribution >= 0.6 is 0 Å². The first-order valence-electron chi connectivity index (χ1n) is 7.44. The maximum absolute atomic E-state index is 12.1. The molecule has 2 amide bonds. The molecule has 0 bridgehead atoms. The molecule has 0 aromatic heterocycles. The molecule has 8 heteroatoms. The van der Waals surface area contributed by atoms with Crippen LogP contribution < -0.4 is 10.6 Å². The van der Waals surface area contributed by atoms with E-state index in [1.54, 1.807) is 45.0 Å². The lowest BCUT2D eigenvalue weighted by Gasteiger charge is -2.23. The fraction of sp³-hybridized carbons (Fsp3) is 0.500. The first-order valence-corrected chi connectivity index (χ1v) is 7.44. The van der Waals surface area contributed by atoms with Gasteiger partial charge in [0.15, 0.2) is 6.61 Å². The van der Waals surface area contributed by atoms with Gasteiger partial charge in [-0.1, -0.05) is 32.0 Å². The Balaban J connectivity index is 2.56. The maximum atomic E-state index is 12.1. The van der Waals surface area contributed by atoms with Gasteiger partial charge in [0.1, 0.15) is 0 Å². The minimum Gasteiger partial charge on any atom is -0.440 e. The lowest BCUT2D eigenvalue weighted by molar-refractivity contribution is -0.160. The molecule has 0 aliphatic rings. The summed E-state index contributed by atoms with van der Waals surface area (Å²) in [7, 11) is 0. The normalized spacial score (nSPS) is 12.6. The molecule has 2 N–H and O–H groups in total. The van der Waals surface area contributed by atoms with Crippen LogP contribution in [0.25, 0.3) is 0 Å². The SMILES string of the molecule is Cc1ccccc1C(=O)NC[C@@H](NC(=O)OCC(F)(F)F)C(C)C. The van der Waals surface area contributed by atoms with Crippen LogP contribution in [0.4, 0.5) is 18.0 Å². The molecule has 1 rings (SSSR count). The van der Waals surface area contributed by atoms with Crippen molar-refractivity contribution in [1.82, 2.24) is 10.6 Å². The van der Waals surface area contributed by atoms with Crippen molar-refractivity contribution in [2.24, 2.45) is 5.92 Å². The Bertz CT molecular complexity index is 574. The number of alkyl carbamates (subject to hydrolysis) is 1. The Kier molecular flexibility index (Phi) is 7.06. The summed E-state index contributed by atoms with van der Waals surface area (Å²) in [5.41, 5.74) is 1.30. The molecule has 0 saturated heterocycles. The molecule has 0 saturated carbocycles. The van der Waals surface area contributed by atoms with Gasteiger partial charge in [-0.05, 0) is 24.5 Å². The van der Waals surface area contributed by atoms with Crippen molar-refractivity contribution in [2.75, 3.05) is 13.2 Å². The number of carbonyl (C=O) groups excluding carboxylic acids is 2. The van der Waals surface area contributed by atoms with Crippen molar-refractivity contribution in [1.29, 1.82) is 0 Å². The van der Waals surface area contributed by atoms with Crippen LogP contribution in [-0.4, -0.2) is 37.4 Å². The fourth-order valence-corrected chi connectivity index (χ4v) is 1.92. The summed E-state index contributed by atoms with van der Waals surface area (Å²) < 4.78 is 40.2. The summed E-state index contributed by atoms with van der Waals surface area (Å²) in [6, 6.07) is 6.44. The van der Waals surface area contributed by atoms with E-state index in [-0.39, 0.29) is 18.4 Å². The van der Waals surface area contributed by atoms with Gasteiger partial charge < -0.3 is 15.4 Å². The smallest absolute Gasteiger partial charge is 0.422 e. The molecule has 0 unspecified atom stereocenters. The molecule has 5 nitrogen and oxygen atoms in total. The third kappa shape index (κ3) is 6.89. The Hall–Kier alpha value is -2.25. The predicted octanol–water partition coefficient (Wildman–Crippen LogP) is 3.04. The second-order valence-electron chi connectivity index (χ2n) is 5.71. The van der Waals surface area contributed by atoms with Gasteiger partial charge in [-0.25, -0.2) is 4.79 Å². The molecule has 0 heterocycles. The number of amides is 2. The van der Waals surface area contributed by atoms with E-state index in [0.29, 0.717) is 5.56 Å². The number of hydrogen-bond donors (Lipinski definition) is 2. The third-order valence-corrected chi connectivity index (χ3v) is 3.35. The molecule has 1 atom stereocenters. The van der Waals surface area contributed by atoms with Gasteiger partial charge in [0.05, 0.1) is 6.04 Å². The largest absolute Gasteiger partial charge is 0.440 e. The number of benzene rings is 1. The first-order chi connectivity index (χ1) is 11.1. The van der Waals surface area contributed by atoms with Crippen molar-refractivity contribution >= 4 is 12.0 Å². The van der Waals surface area contributed by atoms with Crippen molar-refractivity contribution in [3.63, 3.8) is 0 Å². The zero-order valence-electron chi connectivity index (χ0n) is 13.7. The lowest BCUT2D eigenvalue weighted by atomic mass is 10.0. The van der Waals surface area contributed by atoms with Gasteiger partial charge in [-0.2, -0.15) is 13.2 Å². The average molecular weight is 346 g/mol. The lowest BCUT2D eigenvalue weighted by Crippen LogP contribution is -2.47. The topological polar surface area (TPSA) is 67.4 Å². The Morgan fingerprint density at radius 1 is 1.21 bits per heavy atom. The van der Waals surface area contributed by atoms with Crippen molar-refractivity contribution in [3.05, 3.63) is 35.4 Å². The van der Waals surface area contributed by atoms with Crippen LogP contribution in [0.3, 0.4) is 0 Å². The van der Waals surface area contributed by atoms with E-state index >= 15 is 0 Å². The number of ether oxygens (including phenoxy) is 1. The van der Waals surface area contributed by atoms with Gasteiger partial charge in [-0.3, -0.25) is 4.79 Å². The fourth-order valence-electron chi connectivity index (χ4n) is 1.92. The van der Waals surface area contributed by atoms with Crippen LogP contribution in [0.5, 0.6) is 0 Å². The van der Waals surface area contributed by atoms with Crippen molar-refractivity contribution in [3.8, 4) is 0 Å². The minimum atomic E-state index is -4.58. The molecule has 1 aromatic rings. The van der Waals surface area contributed by atoms with E-state index < -0.39 is 24.9 Å². The standard InChI is InChI=1S/C16H21F3N2O3/c1-10(2)13(21-15(23)24-9-16(17,18)19)8-20-14(22)12-7-5-4-6-11(12)3/h4-7,10,13H,8-9H2,1-3H3,(H,20,22)(H,21,23)/t13-/m1/s1. The quantitative estimate of drug-likeness (QED) is 0.832. The molecule has 0 aliphatic carbocycles. The van der Waals surface area contributed by atoms with Crippen LogP contribution in [0.15, 0.2) is 24.3 Å². The van der Waals surface area contributed by atoms with E-state index in [2.05, 4.69) is 15.4 Å². The zero-order chi connectivity index (χ0) is 18.3. The molecule has 0 radical (unpaired) electrons. The van der Waals surface area contributed by atoms with E-state index in [1.807, 2.05) is 0 Å². The highest BCUT2D eigenvalue weighted by molar-refractivity contribution is 5.95. The zero-order valence-corrected chi connectivity index (χ0v) is 13.7. The van der Waals surface area contributed by atoms with Crippen LogP contribution in [0, 0.1) is 12.8 Å². The van der Waals surface area contributed by atoms with Crippen LogP contribution in [0.1, 0.15) is 29.8 Å². The molecular weight excluding hydrogens is 325 g/mol. The van der Waals surface area contributed by atoms with Crippen LogP contribution in [-0.2, 0) is 4.74 Å². The highest BCUT2D eigenvalue weighted by atomic mass is 19.4. The molecular formula is C16H21F3N2O3. The number of aryl methyl sites for hydroxylation is 1. The maximum Gasteiger partial charge on any atom is 0.422 e. The summed E-state index contributed by atoms with van der Waals surface area (Å²) >= 11 is 0. The second-order valence-corrected chi connectivity index (χ2v) is 5.71. The van der Waals surface area contributed by atoms with E-state index in [1.165, 1.54) is 0 Å². The van der Waals surface area contributed by atoms with Gasteiger partial charge in [0, 0.05) is 12.1 Å². The summed E-state index contributed by atoms with van der Waals surface area (Å²) in [6.45, 7) is 3.76. The van der Waals surface area contributed by atoms with Crippen molar-refractivity contribution in [2.45, 2.75) is 33.0 Å². The number of halogens is 3. The highest BCUT2D eigenvalue weighted by Gasteiger charge is 2.30. The molecule has 24 heavy (non-hydrogen) atoms. The van der Waals surface area contributed by atoms with Gasteiger partial charge in [0.2, 0.25) is 0 Å². The molecule has 0 aliphatic heterocycles. The highest BCUT2D eigenvalue weighted by Crippen LogP contribution is 2.14. The Morgan fingerprint density at radius 3 is 2.38 bits per heavy atom. The number of rotatable bonds is 6. The second kappa shape index (κ2) is 8.56. The minimum absolute atomic E-state index is 0.0753. The van der Waals surface area contributed by atoms with Crippen LogP contribution in [0.2, 0.25) is 0 Å². The third-order valence-electron chi connectivity index (χ3n) is 3.35. The van der Waals surface area contributed by atoms with Gasteiger partial charge in [-0.15, -0.1) is 0 Å². The summed E-state index contributed by atoms with van der Waals surface area (Å²) in [5, 5.41) is 5.00. The van der Waals surface area contributed by atoms with Gasteiger partial charge in [0.25, 0.3) is 5.91 Å². The van der Waals surface area contributed by atoms with E-state index in [0.717, 1.165) is 5.56 Å². The van der Waals surface area contributed by atoms with E-state index in [4.69, 9.17) is 0 Å². The summed E-state index contributed by atoms with van der Waals surface area (Å²) in [4.78, 5) is 23.6. The molecule has 134 valence electrons. The summed E-state index contributed by atoms with van der Waals surface area (Å²) in [6.07, 6.45) is -5.75. The van der Waals surface area contributed by atoms with E-state index in [9.17, 15) is 22.8 Å². The predicted molar refractivity (Wildman–Crippen MR) is 82.7 cm³/mol. The monoisotopic (exact) mass is 346 g/mol. The summed E-state index contributed by atoms with van der Waals surface area (Å²) in [5.74, 6) is -0.426. The number of carbonyl (C=O) groups is 2. The Labute approximate surface area is 138 Å². The molecule has 1 aromatic carbocycles. The average Bonchev–Trinajstić information content (AvgIpc) is 2.48. The number of hydrogen-bond acceptors (Lipinski definition) is 3. The first kappa shape index (κ1) is 19.8.